The molecule has 186 valence electrons. The molecule has 1 spiro atoms. The van der Waals surface area contributed by atoms with E-state index in [9.17, 15) is 18.5 Å². The van der Waals surface area contributed by atoms with E-state index in [-0.39, 0.29) is 19.0 Å². The lowest BCUT2D eigenvalue weighted by atomic mass is 9.67. The first-order chi connectivity index (χ1) is 16.1. The van der Waals surface area contributed by atoms with Gasteiger partial charge in [-0.1, -0.05) is 19.9 Å². The van der Waals surface area contributed by atoms with Crippen LogP contribution in [0.5, 0.6) is 0 Å². The molecule has 1 saturated heterocycles. The molecule has 3 aliphatic rings. The molecule has 2 fully saturated rings. The van der Waals surface area contributed by atoms with E-state index in [1.807, 2.05) is 18.2 Å². The molecule has 1 aliphatic carbocycles. The molecule has 4 rings (SSSR count). The lowest BCUT2D eigenvalue weighted by Gasteiger charge is -2.49. The minimum absolute atomic E-state index is 0.0593. The van der Waals surface area contributed by atoms with Gasteiger partial charge in [-0.15, -0.1) is 0 Å². The molecule has 0 unspecified atom stereocenters. The van der Waals surface area contributed by atoms with Gasteiger partial charge in [-0.05, 0) is 86.7 Å². The Balaban J connectivity index is 1.51. The number of carbonyl (C=O) groups excluding carboxylic acids is 1. The van der Waals surface area contributed by atoms with E-state index < -0.39 is 15.6 Å². The van der Waals surface area contributed by atoms with Gasteiger partial charge in [0.2, 0.25) is 5.91 Å². The van der Waals surface area contributed by atoms with Gasteiger partial charge in [0.05, 0.1) is 17.0 Å². The van der Waals surface area contributed by atoms with Crippen LogP contribution in [-0.2, 0) is 27.0 Å². The molecule has 1 saturated carbocycles. The molecule has 2 heterocycles. The SMILES string of the molecule is CC(C)C1CCC(N2CCC3(CC2)C(=O)N(CCNS(N)(=O)=O)Cc2cc(C#N)ccc23)CC1. The fourth-order valence-corrected chi connectivity index (χ4v) is 6.72. The molecule has 0 aromatic heterocycles. The monoisotopic (exact) mass is 487 g/mol. The number of hydrogen-bond acceptors (Lipinski definition) is 5. The lowest BCUT2D eigenvalue weighted by Crippen LogP contribution is -2.58. The molecule has 0 atom stereocenters. The van der Waals surface area contributed by atoms with Crippen molar-refractivity contribution < 1.29 is 13.2 Å². The zero-order valence-corrected chi connectivity index (χ0v) is 21.1. The molecule has 3 N–H and O–H groups in total. The van der Waals surface area contributed by atoms with E-state index in [2.05, 4.69) is 29.5 Å². The summed E-state index contributed by atoms with van der Waals surface area (Å²) in [7, 11) is -3.81. The van der Waals surface area contributed by atoms with Crippen molar-refractivity contribution in [1.29, 1.82) is 5.26 Å². The normalized spacial score (nSPS) is 25.4. The number of benzene rings is 1. The number of nitrogens with two attached hydrogens (primary N) is 1. The number of carbonyl (C=O) groups is 1. The molecular weight excluding hydrogens is 450 g/mol. The zero-order valence-electron chi connectivity index (χ0n) is 20.3. The smallest absolute Gasteiger partial charge is 0.274 e. The van der Waals surface area contributed by atoms with Crippen LogP contribution in [0.3, 0.4) is 0 Å². The number of piperidine rings is 1. The average molecular weight is 488 g/mol. The second kappa shape index (κ2) is 9.94. The summed E-state index contributed by atoms with van der Waals surface area (Å²) in [6.07, 6.45) is 6.53. The van der Waals surface area contributed by atoms with Crippen LogP contribution in [0.4, 0.5) is 0 Å². The van der Waals surface area contributed by atoms with Crippen molar-refractivity contribution in [2.45, 2.75) is 70.4 Å². The van der Waals surface area contributed by atoms with Crippen LogP contribution >= 0.6 is 0 Å². The Hall–Kier alpha value is -1.99. The Kier molecular flexibility index (Phi) is 7.34. The Morgan fingerprint density at radius 3 is 2.47 bits per heavy atom. The molecule has 1 aromatic carbocycles. The third-order valence-corrected chi connectivity index (χ3v) is 8.95. The van der Waals surface area contributed by atoms with Gasteiger partial charge in [0, 0.05) is 25.7 Å². The fourth-order valence-electron chi connectivity index (χ4n) is 6.35. The maximum atomic E-state index is 13.8. The minimum atomic E-state index is -3.81. The fraction of sp³-hybridized carbons (Fsp3) is 0.680. The minimum Gasteiger partial charge on any atom is -0.336 e. The molecule has 1 amide bonds. The highest BCUT2D eigenvalue weighted by atomic mass is 32.2. The number of hydrogen-bond donors (Lipinski definition) is 2. The number of nitriles is 1. The summed E-state index contributed by atoms with van der Waals surface area (Å²) in [6, 6.07) is 8.45. The second-order valence-corrected chi connectivity index (χ2v) is 12.0. The van der Waals surface area contributed by atoms with Crippen LogP contribution in [0, 0.1) is 23.2 Å². The molecule has 0 radical (unpaired) electrons. The van der Waals surface area contributed by atoms with E-state index in [4.69, 9.17) is 5.14 Å². The average Bonchev–Trinajstić information content (AvgIpc) is 2.81. The summed E-state index contributed by atoms with van der Waals surface area (Å²) in [5, 5.41) is 14.5. The van der Waals surface area contributed by atoms with Crippen molar-refractivity contribution in [3.8, 4) is 6.07 Å². The van der Waals surface area contributed by atoms with Crippen LogP contribution in [0.15, 0.2) is 18.2 Å². The highest BCUT2D eigenvalue weighted by Gasteiger charge is 2.49. The Morgan fingerprint density at radius 2 is 1.88 bits per heavy atom. The highest BCUT2D eigenvalue weighted by molar-refractivity contribution is 7.87. The summed E-state index contributed by atoms with van der Waals surface area (Å²) in [5.41, 5.74) is 1.98. The van der Waals surface area contributed by atoms with Crippen LogP contribution < -0.4 is 9.86 Å². The van der Waals surface area contributed by atoms with Crippen molar-refractivity contribution in [3.63, 3.8) is 0 Å². The standard InChI is InChI=1S/C25H37N5O3S/c1-18(2)20-4-6-22(7-5-20)29-12-9-25(10-13-29)23-8-3-19(16-26)15-21(23)17-30(24(25)31)14-11-28-34(27,32)33/h3,8,15,18,20,22,28H,4-7,9-14,17H2,1-2H3,(H2,27,32,33). The molecular formula is C25H37N5O3S. The number of likely N-dealkylation sites (tertiary alicyclic amines) is 1. The lowest BCUT2D eigenvalue weighted by molar-refractivity contribution is -0.142. The van der Waals surface area contributed by atoms with E-state index in [0.717, 1.165) is 48.9 Å². The van der Waals surface area contributed by atoms with E-state index >= 15 is 0 Å². The molecule has 9 heteroatoms. The molecule has 34 heavy (non-hydrogen) atoms. The van der Waals surface area contributed by atoms with Gasteiger partial charge in [-0.3, -0.25) is 4.79 Å². The van der Waals surface area contributed by atoms with Gasteiger partial charge in [-0.2, -0.15) is 13.7 Å². The third kappa shape index (κ3) is 5.15. The topological polar surface area (TPSA) is 120 Å². The second-order valence-electron chi connectivity index (χ2n) is 10.6. The zero-order chi connectivity index (χ0) is 24.5. The first kappa shape index (κ1) is 25.1. The van der Waals surface area contributed by atoms with Gasteiger partial charge in [-0.25, -0.2) is 9.86 Å². The van der Waals surface area contributed by atoms with Gasteiger partial charge >= 0.3 is 0 Å². The predicted molar refractivity (Wildman–Crippen MR) is 131 cm³/mol. The van der Waals surface area contributed by atoms with Crippen molar-refractivity contribution in [1.82, 2.24) is 14.5 Å². The van der Waals surface area contributed by atoms with Crippen molar-refractivity contribution in [2.24, 2.45) is 17.0 Å². The summed E-state index contributed by atoms with van der Waals surface area (Å²) >= 11 is 0. The first-order valence-corrected chi connectivity index (χ1v) is 14.0. The van der Waals surface area contributed by atoms with Gasteiger partial charge < -0.3 is 9.80 Å². The van der Waals surface area contributed by atoms with Crippen molar-refractivity contribution >= 4 is 16.1 Å². The summed E-state index contributed by atoms with van der Waals surface area (Å²) < 4.78 is 24.9. The quantitative estimate of drug-likeness (QED) is 0.638. The number of nitrogens with one attached hydrogen (secondary N) is 1. The summed E-state index contributed by atoms with van der Waals surface area (Å²) in [5.74, 6) is 1.63. The number of amides is 1. The molecule has 1 aromatic rings. The maximum absolute atomic E-state index is 13.8. The molecule has 0 bridgehead atoms. The molecule has 2 aliphatic heterocycles. The Labute approximate surface area is 203 Å². The number of rotatable bonds is 6. The van der Waals surface area contributed by atoms with E-state index in [1.54, 1.807) is 4.90 Å². The summed E-state index contributed by atoms with van der Waals surface area (Å²) in [6.45, 7) is 7.10. The van der Waals surface area contributed by atoms with Crippen LogP contribution in [-0.4, -0.2) is 56.3 Å². The van der Waals surface area contributed by atoms with Gasteiger partial charge in [0.15, 0.2) is 0 Å². The van der Waals surface area contributed by atoms with E-state index in [0.29, 0.717) is 18.2 Å². The van der Waals surface area contributed by atoms with Crippen molar-refractivity contribution in [2.75, 3.05) is 26.2 Å². The van der Waals surface area contributed by atoms with E-state index in [1.165, 1.54) is 25.7 Å². The first-order valence-electron chi connectivity index (χ1n) is 12.5. The van der Waals surface area contributed by atoms with Crippen LogP contribution in [0.1, 0.15) is 69.1 Å². The maximum Gasteiger partial charge on any atom is 0.274 e. The van der Waals surface area contributed by atoms with Gasteiger partial charge in [0.1, 0.15) is 0 Å². The Morgan fingerprint density at radius 1 is 1.21 bits per heavy atom. The van der Waals surface area contributed by atoms with Crippen LogP contribution in [0.2, 0.25) is 0 Å². The summed E-state index contributed by atoms with van der Waals surface area (Å²) in [4.78, 5) is 18.1. The third-order valence-electron chi connectivity index (χ3n) is 8.34. The largest absolute Gasteiger partial charge is 0.336 e. The Bertz CT molecular complexity index is 1050. The highest BCUT2D eigenvalue weighted by Crippen LogP contribution is 2.44. The van der Waals surface area contributed by atoms with Crippen molar-refractivity contribution in [3.05, 3.63) is 34.9 Å². The molecule has 8 nitrogen and oxygen atoms in total. The van der Waals surface area contributed by atoms with Crippen LogP contribution in [0.25, 0.3) is 0 Å². The predicted octanol–water partition coefficient (Wildman–Crippen LogP) is 2.24. The number of fused-ring (bicyclic) bond motifs is 2. The number of nitrogens with zero attached hydrogens (tertiary/aromatic N) is 3. The van der Waals surface area contributed by atoms with Gasteiger partial charge in [0.25, 0.3) is 10.2 Å².